The van der Waals surface area contributed by atoms with Crippen LogP contribution in [0.2, 0.25) is 0 Å². The molecule has 3 rings (SSSR count). The minimum Gasteiger partial charge on any atom is -0.392 e. The van der Waals surface area contributed by atoms with Gasteiger partial charge in [0.25, 0.3) is 0 Å². The minimum atomic E-state index is -0.388. The highest BCUT2D eigenvalue weighted by Crippen LogP contribution is 2.21. The molecule has 1 aliphatic heterocycles. The molecular weight excluding hydrogens is 313 g/mol. The zero-order chi connectivity index (χ0) is 17.1. The number of hydrogen-bond donors (Lipinski definition) is 2. The van der Waals surface area contributed by atoms with Crippen molar-refractivity contribution in [1.29, 1.82) is 0 Å². The molecule has 1 aromatic carbocycles. The van der Waals surface area contributed by atoms with Gasteiger partial charge in [0, 0.05) is 31.3 Å². The molecule has 2 aromatic rings. The van der Waals surface area contributed by atoms with E-state index in [2.05, 4.69) is 10.5 Å². The number of amides is 1. The fourth-order valence-electron chi connectivity index (χ4n) is 2.55. The van der Waals surface area contributed by atoms with Gasteiger partial charge in [-0.05, 0) is 23.8 Å². The lowest BCUT2D eigenvalue weighted by atomic mass is 10.0. The predicted octanol–water partition coefficient (Wildman–Crippen LogP) is 1.74. The number of hydrogen-bond acceptors (Lipinski definition) is 4. The average Bonchev–Trinajstić information content (AvgIpc) is 3.22. The van der Waals surface area contributed by atoms with Gasteiger partial charge in [0.05, 0.1) is 24.6 Å². The van der Waals surface area contributed by atoms with Crippen LogP contribution in [0.25, 0.3) is 5.69 Å². The zero-order valence-electron chi connectivity index (χ0n) is 13.2. The SMILES string of the molecule is CC(=O)NCC1CC(c2ccc(-n3ccc(CO)c3)c(F)c2)=NO1. The fraction of sp³-hybridized carbons (Fsp3) is 0.294. The van der Waals surface area contributed by atoms with Gasteiger partial charge in [-0.3, -0.25) is 4.79 Å². The maximum Gasteiger partial charge on any atom is 0.217 e. The number of rotatable bonds is 5. The first-order valence-corrected chi connectivity index (χ1v) is 7.62. The summed E-state index contributed by atoms with van der Waals surface area (Å²) >= 11 is 0. The summed E-state index contributed by atoms with van der Waals surface area (Å²) in [5.41, 5.74) is 2.41. The summed E-state index contributed by atoms with van der Waals surface area (Å²) in [6.45, 7) is 1.72. The van der Waals surface area contributed by atoms with E-state index in [1.807, 2.05) is 0 Å². The van der Waals surface area contributed by atoms with Crippen LogP contribution in [-0.4, -0.2) is 33.9 Å². The zero-order valence-corrected chi connectivity index (χ0v) is 13.2. The van der Waals surface area contributed by atoms with E-state index >= 15 is 0 Å². The quantitative estimate of drug-likeness (QED) is 0.876. The van der Waals surface area contributed by atoms with Crippen molar-refractivity contribution in [3.8, 4) is 5.69 Å². The van der Waals surface area contributed by atoms with E-state index in [1.165, 1.54) is 13.0 Å². The summed E-state index contributed by atoms with van der Waals surface area (Å²) in [4.78, 5) is 16.2. The molecule has 0 aliphatic carbocycles. The molecule has 6 nitrogen and oxygen atoms in total. The van der Waals surface area contributed by atoms with Gasteiger partial charge in [0.15, 0.2) is 0 Å². The number of nitrogens with zero attached hydrogens (tertiary/aromatic N) is 2. The Morgan fingerprint density at radius 1 is 1.50 bits per heavy atom. The number of nitrogens with one attached hydrogen (secondary N) is 1. The summed E-state index contributed by atoms with van der Waals surface area (Å²) in [6.07, 6.45) is 3.65. The number of aliphatic hydroxyl groups excluding tert-OH is 1. The number of aliphatic hydroxyl groups is 1. The van der Waals surface area contributed by atoms with Gasteiger partial charge in [0.2, 0.25) is 5.91 Å². The van der Waals surface area contributed by atoms with Crippen LogP contribution in [0, 0.1) is 5.82 Å². The highest BCUT2D eigenvalue weighted by atomic mass is 19.1. The fourth-order valence-corrected chi connectivity index (χ4v) is 2.55. The summed E-state index contributed by atoms with van der Waals surface area (Å²) in [5, 5.41) is 15.8. The second-order valence-electron chi connectivity index (χ2n) is 5.66. The Bertz CT molecular complexity index is 785. The molecule has 1 atom stereocenters. The normalized spacial score (nSPS) is 16.6. The molecule has 0 saturated heterocycles. The molecule has 1 aromatic heterocycles. The van der Waals surface area contributed by atoms with Crippen LogP contribution in [-0.2, 0) is 16.2 Å². The Morgan fingerprint density at radius 2 is 2.33 bits per heavy atom. The molecule has 0 saturated carbocycles. The second-order valence-corrected chi connectivity index (χ2v) is 5.66. The number of oxime groups is 1. The van der Waals surface area contributed by atoms with Gasteiger partial charge in [-0.25, -0.2) is 4.39 Å². The van der Waals surface area contributed by atoms with Crippen LogP contribution in [0.1, 0.15) is 24.5 Å². The molecule has 0 fully saturated rings. The van der Waals surface area contributed by atoms with Gasteiger partial charge < -0.3 is 19.8 Å². The minimum absolute atomic E-state index is 0.0868. The molecular formula is C17H18FN3O3. The first-order valence-electron chi connectivity index (χ1n) is 7.62. The maximum atomic E-state index is 14.4. The van der Waals surface area contributed by atoms with Crippen LogP contribution < -0.4 is 5.32 Å². The first kappa shape index (κ1) is 16.2. The number of halogens is 1. The van der Waals surface area contributed by atoms with Crippen molar-refractivity contribution in [1.82, 2.24) is 9.88 Å². The molecule has 2 heterocycles. The van der Waals surface area contributed by atoms with E-state index in [0.29, 0.717) is 35.5 Å². The standard InChI is InChI=1S/C17H18FN3O3/c1-11(23)19-8-14-7-16(20-24-14)13-2-3-17(15(18)6-13)21-5-4-12(9-21)10-22/h2-6,9,14,22H,7-8,10H2,1H3,(H,19,23). The topological polar surface area (TPSA) is 75.9 Å². The summed E-state index contributed by atoms with van der Waals surface area (Å²) in [5.74, 6) is -0.517. The maximum absolute atomic E-state index is 14.4. The molecule has 0 bridgehead atoms. The first-order chi connectivity index (χ1) is 11.6. The van der Waals surface area contributed by atoms with Gasteiger partial charge in [-0.15, -0.1) is 0 Å². The van der Waals surface area contributed by atoms with Crippen molar-refractivity contribution in [3.05, 3.63) is 53.6 Å². The van der Waals surface area contributed by atoms with Gasteiger partial charge in [-0.2, -0.15) is 0 Å². The third kappa shape index (κ3) is 3.46. The second kappa shape index (κ2) is 6.84. The van der Waals surface area contributed by atoms with E-state index in [-0.39, 0.29) is 24.4 Å². The summed E-state index contributed by atoms with van der Waals surface area (Å²) in [6, 6.07) is 6.58. The molecule has 1 aliphatic rings. The molecule has 1 amide bonds. The van der Waals surface area contributed by atoms with Crippen molar-refractivity contribution in [2.75, 3.05) is 6.54 Å². The lowest BCUT2D eigenvalue weighted by molar-refractivity contribution is -0.119. The average molecular weight is 331 g/mol. The van der Waals surface area contributed by atoms with Crippen LogP contribution >= 0.6 is 0 Å². The van der Waals surface area contributed by atoms with Crippen molar-refractivity contribution in [2.24, 2.45) is 5.16 Å². The lowest BCUT2D eigenvalue weighted by Crippen LogP contribution is -2.30. The summed E-state index contributed by atoms with van der Waals surface area (Å²) < 4.78 is 16.0. The van der Waals surface area contributed by atoms with E-state index in [1.54, 1.807) is 35.2 Å². The van der Waals surface area contributed by atoms with Gasteiger partial charge in [-0.1, -0.05) is 11.2 Å². The Morgan fingerprint density at radius 3 is 3.00 bits per heavy atom. The highest BCUT2D eigenvalue weighted by Gasteiger charge is 2.23. The molecule has 0 spiro atoms. The number of benzene rings is 1. The van der Waals surface area contributed by atoms with E-state index in [9.17, 15) is 9.18 Å². The van der Waals surface area contributed by atoms with Crippen LogP contribution in [0.3, 0.4) is 0 Å². The molecule has 126 valence electrons. The Hall–Kier alpha value is -2.67. The largest absolute Gasteiger partial charge is 0.392 e. The number of carbonyl (C=O) groups excluding carboxylic acids is 1. The van der Waals surface area contributed by atoms with E-state index in [0.717, 1.165) is 0 Å². The molecule has 7 heteroatoms. The van der Waals surface area contributed by atoms with Crippen LogP contribution in [0.4, 0.5) is 4.39 Å². The Balaban J connectivity index is 1.72. The highest BCUT2D eigenvalue weighted by molar-refractivity contribution is 6.01. The molecule has 1 unspecified atom stereocenters. The van der Waals surface area contributed by atoms with E-state index in [4.69, 9.17) is 9.94 Å². The van der Waals surface area contributed by atoms with Crippen LogP contribution in [0.5, 0.6) is 0 Å². The lowest BCUT2D eigenvalue weighted by Gasteiger charge is -2.08. The number of carbonyl (C=O) groups is 1. The van der Waals surface area contributed by atoms with Crippen molar-refractivity contribution in [3.63, 3.8) is 0 Å². The van der Waals surface area contributed by atoms with Crippen LogP contribution in [0.15, 0.2) is 41.8 Å². The van der Waals surface area contributed by atoms with Crippen molar-refractivity contribution in [2.45, 2.75) is 26.1 Å². The molecule has 24 heavy (non-hydrogen) atoms. The summed E-state index contributed by atoms with van der Waals surface area (Å²) in [7, 11) is 0. The van der Waals surface area contributed by atoms with Crippen molar-refractivity contribution < 1.29 is 19.1 Å². The molecule has 0 radical (unpaired) electrons. The predicted molar refractivity (Wildman–Crippen MR) is 86.4 cm³/mol. The van der Waals surface area contributed by atoms with Crippen molar-refractivity contribution >= 4 is 11.6 Å². The smallest absolute Gasteiger partial charge is 0.217 e. The van der Waals surface area contributed by atoms with Gasteiger partial charge in [0.1, 0.15) is 11.9 Å². The van der Waals surface area contributed by atoms with Gasteiger partial charge >= 0.3 is 0 Å². The monoisotopic (exact) mass is 331 g/mol. The third-order valence-electron chi connectivity index (χ3n) is 3.81. The number of aromatic nitrogens is 1. The Labute approximate surface area is 138 Å². The third-order valence-corrected chi connectivity index (χ3v) is 3.81. The molecule has 2 N–H and O–H groups in total. The van der Waals surface area contributed by atoms with E-state index < -0.39 is 0 Å². The Kier molecular flexibility index (Phi) is 4.61.